The van der Waals surface area contributed by atoms with Crippen LogP contribution in [0.4, 0.5) is 0 Å². The van der Waals surface area contributed by atoms with Gasteiger partial charge in [0.2, 0.25) is 17.7 Å². The molecule has 0 rings (SSSR count). The second-order valence-corrected chi connectivity index (χ2v) is 14.1. The maximum atomic E-state index is 13.3. The first kappa shape index (κ1) is 30.7. The maximum absolute atomic E-state index is 13.3. The minimum Gasteiger partial charge on any atom is -0.386 e. The molecule has 0 saturated heterocycles. The van der Waals surface area contributed by atoms with Crippen molar-refractivity contribution in [3.8, 4) is 0 Å². The molecule has 0 aliphatic heterocycles. The van der Waals surface area contributed by atoms with Gasteiger partial charge in [-0.15, -0.1) is 6.58 Å². The Kier molecular flexibility index (Phi) is 11.6. The van der Waals surface area contributed by atoms with Gasteiger partial charge < -0.3 is 16.2 Å². The van der Waals surface area contributed by atoms with Crippen LogP contribution in [0.15, 0.2) is 12.7 Å². The summed E-state index contributed by atoms with van der Waals surface area (Å²) in [5.74, 6) is -1.27. The first-order chi connectivity index (χ1) is 13.8. The summed E-state index contributed by atoms with van der Waals surface area (Å²) in [5.41, 5.74) is 3.60. The molecule has 31 heavy (non-hydrogen) atoms. The van der Waals surface area contributed by atoms with Crippen LogP contribution in [-0.2, 0) is 14.4 Å². The van der Waals surface area contributed by atoms with Crippen molar-refractivity contribution in [2.75, 3.05) is 18.4 Å². The number of imide groups is 1. The van der Waals surface area contributed by atoms with E-state index in [0.29, 0.717) is 11.8 Å². The fourth-order valence-electron chi connectivity index (χ4n) is 2.71. The standard InChI is InChI=1S/C21H36Br3N3O4/c1-8-9-14(25)10-21(31,12-26-15(28)19(4,5)23)13-27(17(30)20(6,7)24)16(29)18(2,3)11-22/h8,14,31H,1,9-13,25H2,2-7H3,(H,26,28). The minimum absolute atomic E-state index is 0.0521. The van der Waals surface area contributed by atoms with E-state index < -0.39 is 37.5 Å². The molecule has 0 heterocycles. The summed E-state index contributed by atoms with van der Waals surface area (Å²) in [7, 11) is 0. The summed E-state index contributed by atoms with van der Waals surface area (Å²) in [4.78, 5) is 39.8. The summed E-state index contributed by atoms with van der Waals surface area (Å²) in [5, 5.41) is 14.5. The zero-order valence-corrected chi connectivity index (χ0v) is 24.0. The van der Waals surface area contributed by atoms with Crippen molar-refractivity contribution in [2.45, 2.75) is 74.7 Å². The van der Waals surface area contributed by atoms with Gasteiger partial charge in [0.1, 0.15) is 5.60 Å². The topological polar surface area (TPSA) is 113 Å². The highest BCUT2D eigenvalue weighted by Gasteiger charge is 2.44. The van der Waals surface area contributed by atoms with Crippen LogP contribution in [0.5, 0.6) is 0 Å². The summed E-state index contributed by atoms with van der Waals surface area (Å²) in [6.07, 6.45) is 2.12. The summed E-state index contributed by atoms with van der Waals surface area (Å²) in [6.45, 7) is 13.2. The lowest BCUT2D eigenvalue weighted by Crippen LogP contribution is -2.60. The Morgan fingerprint density at radius 2 is 1.61 bits per heavy atom. The molecule has 0 aromatic heterocycles. The van der Waals surface area contributed by atoms with Gasteiger partial charge in [-0.3, -0.25) is 19.3 Å². The zero-order valence-electron chi connectivity index (χ0n) is 19.2. The largest absolute Gasteiger partial charge is 0.386 e. The number of halogens is 3. The molecule has 0 spiro atoms. The van der Waals surface area contributed by atoms with Gasteiger partial charge in [-0.1, -0.05) is 67.7 Å². The Morgan fingerprint density at radius 3 is 2.00 bits per heavy atom. The highest BCUT2D eigenvalue weighted by atomic mass is 79.9. The number of aliphatic hydroxyl groups is 1. The highest BCUT2D eigenvalue weighted by Crippen LogP contribution is 2.29. The molecular weight excluding hydrogens is 598 g/mol. The number of nitrogens with one attached hydrogen (secondary N) is 1. The number of hydrogen-bond acceptors (Lipinski definition) is 5. The molecule has 2 unspecified atom stereocenters. The van der Waals surface area contributed by atoms with Crippen molar-refractivity contribution < 1.29 is 19.5 Å². The van der Waals surface area contributed by atoms with Crippen molar-refractivity contribution in [3.05, 3.63) is 12.7 Å². The monoisotopic (exact) mass is 631 g/mol. The molecule has 0 bridgehead atoms. The van der Waals surface area contributed by atoms with Crippen LogP contribution in [0, 0.1) is 5.41 Å². The molecule has 0 aromatic carbocycles. The van der Waals surface area contributed by atoms with Crippen LogP contribution in [0.25, 0.3) is 0 Å². The van der Waals surface area contributed by atoms with E-state index in [4.69, 9.17) is 5.73 Å². The molecule has 180 valence electrons. The lowest BCUT2D eigenvalue weighted by atomic mass is 9.89. The average Bonchev–Trinajstić information content (AvgIpc) is 2.61. The average molecular weight is 634 g/mol. The third-order valence-corrected chi connectivity index (χ3v) is 6.69. The lowest BCUT2D eigenvalue weighted by Gasteiger charge is -2.39. The lowest BCUT2D eigenvalue weighted by molar-refractivity contribution is -0.155. The maximum Gasteiger partial charge on any atom is 0.245 e. The summed E-state index contributed by atoms with van der Waals surface area (Å²) >= 11 is 9.93. The molecular formula is C21H36Br3N3O4. The van der Waals surface area contributed by atoms with Gasteiger partial charge in [0.05, 0.1) is 20.6 Å². The van der Waals surface area contributed by atoms with Crippen LogP contribution < -0.4 is 11.1 Å². The predicted molar refractivity (Wildman–Crippen MR) is 136 cm³/mol. The number of hydrogen-bond donors (Lipinski definition) is 3. The predicted octanol–water partition coefficient (Wildman–Crippen LogP) is 3.25. The fraction of sp³-hybridized carbons (Fsp3) is 0.762. The Hall–Kier alpha value is -0.290. The quantitative estimate of drug-likeness (QED) is 0.226. The Labute approximate surface area is 211 Å². The Morgan fingerprint density at radius 1 is 1.10 bits per heavy atom. The van der Waals surface area contributed by atoms with E-state index in [9.17, 15) is 19.5 Å². The van der Waals surface area contributed by atoms with E-state index in [1.807, 2.05) is 0 Å². The molecule has 10 heteroatoms. The van der Waals surface area contributed by atoms with E-state index in [1.165, 1.54) is 0 Å². The van der Waals surface area contributed by atoms with Crippen molar-refractivity contribution in [2.24, 2.45) is 11.1 Å². The number of carbonyl (C=O) groups is 3. The van der Waals surface area contributed by atoms with Crippen LogP contribution >= 0.6 is 47.8 Å². The first-order valence-electron chi connectivity index (χ1n) is 9.98. The van der Waals surface area contributed by atoms with E-state index in [-0.39, 0.29) is 25.4 Å². The second kappa shape index (κ2) is 11.7. The Balaban J connectivity index is 6.10. The molecule has 0 saturated carbocycles. The molecule has 4 N–H and O–H groups in total. The molecule has 7 nitrogen and oxygen atoms in total. The minimum atomic E-state index is -1.64. The van der Waals surface area contributed by atoms with Gasteiger partial charge in [0, 0.05) is 17.9 Å². The number of carbonyl (C=O) groups excluding carboxylic acids is 3. The van der Waals surface area contributed by atoms with Gasteiger partial charge in [-0.2, -0.15) is 0 Å². The molecule has 2 atom stereocenters. The SMILES string of the molecule is C=CCC(N)CC(O)(CNC(=O)C(C)(C)Br)CN(C(=O)C(C)(C)Br)C(=O)C(C)(C)CBr. The number of rotatable bonds is 12. The van der Waals surface area contributed by atoms with Crippen molar-refractivity contribution in [1.82, 2.24) is 10.2 Å². The summed E-state index contributed by atoms with van der Waals surface area (Å²) in [6, 6.07) is -0.468. The van der Waals surface area contributed by atoms with Crippen LogP contribution in [-0.4, -0.2) is 66.4 Å². The normalized spacial score (nSPS) is 15.6. The first-order valence-corrected chi connectivity index (χ1v) is 12.7. The Bertz CT molecular complexity index is 672. The zero-order chi connectivity index (χ0) is 24.8. The highest BCUT2D eigenvalue weighted by molar-refractivity contribution is 9.10. The van der Waals surface area contributed by atoms with Crippen molar-refractivity contribution >= 4 is 65.5 Å². The third kappa shape index (κ3) is 10.0. The number of alkyl halides is 3. The number of nitrogens with two attached hydrogens (primary N) is 1. The van der Waals surface area contributed by atoms with Gasteiger partial charge in [0.25, 0.3) is 0 Å². The molecule has 3 amide bonds. The molecule has 0 aliphatic carbocycles. The van der Waals surface area contributed by atoms with Crippen LogP contribution in [0.1, 0.15) is 54.4 Å². The fourth-order valence-corrected chi connectivity index (χ4v) is 3.30. The van der Waals surface area contributed by atoms with Crippen molar-refractivity contribution in [1.29, 1.82) is 0 Å². The molecule has 0 aromatic rings. The van der Waals surface area contributed by atoms with E-state index in [1.54, 1.807) is 47.6 Å². The van der Waals surface area contributed by atoms with Gasteiger partial charge in [0.15, 0.2) is 0 Å². The smallest absolute Gasteiger partial charge is 0.245 e. The molecule has 0 aliphatic rings. The second-order valence-electron chi connectivity index (χ2n) is 9.55. The van der Waals surface area contributed by atoms with Gasteiger partial charge >= 0.3 is 0 Å². The number of nitrogens with zero attached hydrogens (tertiary/aromatic N) is 1. The molecule has 0 radical (unpaired) electrons. The van der Waals surface area contributed by atoms with E-state index in [2.05, 4.69) is 59.7 Å². The molecule has 0 fully saturated rings. The summed E-state index contributed by atoms with van der Waals surface area (Å²) < 4.78 is -1.88. The number of amides is 3. The van der Waals surface area contributed by atoms with Gasteiger partial charge in [-0.05, 0) is 40.5 Å². The van der Waals surface area contributed by atoms with Crippen molar-refractivity contribution in [3.63, 3.8) is 0 Å². The van der Waals surface area contributed by atoms with Crippen LogP contribution in [0.3, 0.4) is 0 Å². The van der Waals surface area contributed by atoms with Gasteiger partial charge in [-0.25, -0.2) is 0 Å². The third-order valence-electron chi connectivity index (χ3n) is 4.59. The van der Waals surface area contributed by atoms with Crippen LogP contribution in [0.2, 0.25) is 0 Å². The van der Waals surface area contributed by atoms with E-state index in [0.717, 1.165) is 4.90 Å². The van der Waals surface area contributed by atoms with E-state index >= 15 is 0 Å².